The highest BCUT2D eigenvalue weighted by molar-refractivity contribution is 6.76. The van der Waals surface area contributed by atoms with Crippen molar-refractivity contribution >= 4 is 107 Å². The molecule has 0 bridgehead atoms. The van der Waals surface area contributed by atoms with Crippen molar-refractivity contribution in [2.75, 3.05) is 66.8 Å². The molecule has 2 atom stereocenters. The Kier molecular flexibility index (Phi) is 20.6. The number of carbonyl (C=O) groups is 4. The lowest BCUT2D eigenvalue weighted by Gasteiger charge is -2.36. The summed E-state index contributed by atoms with van der Waals surface area (Å²) in [5.41, 5.74) is 11.2. The Morgan fingerprint density at radius 3 is 1.55 bits per heavy atom. The van der Waals surface area contributed by atoms with Crippen molar-refractivity contribution in [1.82, 2.24) is 63.7 Å². The first kappa shape index (κ1) is 64.2. The fourth-order valence-electron chi connectivity index (χ4n) is 9.27. The van der Waals surface area contributed by atoms with Crippen LogP contribution in [0.3, 0.4) is 0 Å². The van der Waals surface area contributed by atoms with Gasteiger partial charge in [0.25, 0.3) is 5.91 Å². The third-order valence-corrected chi connectivity index (χ3v) is 17.9. The molecule has 0 unspecified atom stereocenters. The molecule has 0 radical (unpaired) electrons. The number of hydrogen-bond acceptors (Lipinski definition) is 15. The topological polar surface area (TPSA) is 267 Å². The molecular formula is C56H72Cl2F2N14O9Si2. The minimum Gasteiger partial charge on any atom is -0.478 e. The number of aryl methyl sites for hydroxylation is 2. The van der Waals surface area contributed by atoms with Gasteiger partial charge in [-0.25, -0.2) is 33.5 Å². The third-order valence-electron chi connectivity index (χ3n) is 14.1. The van der Waals surface area contributed by atoms with Gasteiger partial charge in [0.1, 0.15) is 77.3 Å². The molecule has 2 fully saturated rings. The molecule has 2 aliphatic heterocycles. The van der Waals surface area contributed by atoms with Gasteiger partial charge in [-0.15, -0.1) is 0 Å². The van der Waals surface area contributed by atoms with E-state index in [0.29, 0.717) is 68.4 Å². The van der Waals surface area contributed by atoms with Crippen molar-refractivity contribution in [3.05, 3.63) is 82.4 Å². The van der Waals surface area contributed by atoms with Crippen LogP contribution in [0.2, 0.25) is 61.4 Å². The monoisotopic (exact) mass is 1250 g/mol. The van der Waals surface area contributed by atoms with Gasteiger partial charge < -0.3 is 54.0 Å². The number of carboxylic acids is 1. The number of carboxylic acid groups (broad SMARTS) is 1. The largest absolute Gasteiger partial charge is 0.478 e. The van der Waals surface area contributed by atoms with E-state index in [-0.39, 0.29) is 69.9 Å². The summed E-state index contributed by atoms with van der Waals surface area (Å²) in [5.74, 6) is -2.22. The second-order valence-electron chi connectivity index (χ2n) is 23.4. The first-order valence-electron chi connectivity index (χ1n) is 27.5. The summed E-state index contributed by atoms with van der Waals surface area (Å²) in [5, 5.41) is 24.5. The maximum absolute atomic E-state index is 13.7. The Hall–Kier alpha value is -6.83. The normalized spacial score (nSPS) is 14.7. The minimum absolute atomic E-state index is 0.00106. The number of likely N-dealkylation sites (tertiary alicyclic amines) is 2. The van der Waals surface area contributed by atoms with Crippen LogP contribution < -0.4 is 11.1 Å². The van der Waals surface area contributed by atoms with Crippen molar-refractivity contribution in [2.24, 2.45) is 19.8 Å². The van der Waals surface area contributed by atoms with E-state index < -0.39 is 58.4 Å². The Morgan fingerprint density at radius 1 is 0.694 bits per heavy atom. The van der Waals surface area contributed by atoms with Gasteiger partial charge in [-0.1, -0.05) is 62.5 Å². The number of nitrogens with two attached hydrogens (primary N) is 1. The van der Waals surface area contributed by atoms with Crippen LogP contribution in [-0.2, 0) is 56.1 Å². The van der Waals surface area contributed by atoms with Gasteiger partial charge in [0.15, 0.2) is 11.3 Å². The number of fused-ring (bicyclic) bond motifs is 4. The number of hydrogen-bond donors (Lipinski definition) is 3. The van der Waals surface area contributed by atoms with E-state index in [1.54, 1.807) is 49.2 Å². The van der Waals surface area contributed by atoms with E-state index in [4.69, 9.17) is 52.9 Å². The molecule has 456 valence electrons. The maximum atomic E-state index is 13.7. The highest BCUT2D eigenvalue weighted by Crippen LogP contribution is 2.32. The molecule has 6 aromatic heterocycles. The molecule has 8 heterocycles. The molecule has 2 aromatic carbocycles. The number of benzene rings is 2. The second-order valence-corrected chi connectivity index (χ2v) is 35.5. The summed E-state index contributed by atoms with van der Waals surface area (Å²) in [6.07, 6.45) is 4.46. The van der Waals surface area contributed by atoms with Crippen molar-refractivity contribution in [1.29, 1.82) is 0 Å². The fraction of sp³-hybridized carbons (Fsp3) is 0.464. The third kappa shape index (κ3) is 15.6. The average molecular weight is 1250 g/mol. The summed E-state index contributed by atoms with van der Waals surface area (Å²) in [4.78, 5) is 71.0. The van der Waals surface area contributed by atoms with Gasteiger partial charge in [-0.2, -0.15) is 10.2 Å². The van der Waals surface area contributed by atoms with Gasteiger partial charge in [0, 0.05) is 90.9 Å². The SMILES string of the molecule is COC[C@@H](N)C(=O)N1CC(F)C1.COC[C@@H](NC(=O)c1cn(COCC[Si](C)(C)C)c2ncc(-c3nn(C)c4cc(Cl)ccc34)nc12)C(=O)N1CC(F)C1.Cn1nc(-c2cnc3c(n2)c(C(=O)O)cn3COCC[Si](C)(C)C)c2ccc(Cl)cc21. The summed E-state index contributed by atoms with van der Waals surface area (Å²) >= 11 is 12.3. The first-order valence-corrected chi connectivity index (χ1v) is 35.7. The number of rotatable bonds is 21. The molecule has 3 amide bonds. The zero-order chi connectivity index (χ0) is 61.7. The van der Waals surface area contributed by atoms with Crippen LogP contribution in [-0.4, -0.2) is 195 Å². The molecule has 23 nitrogen and oxygen atoms in total. The molecule has 2 saturated heterocycles. The van der Waals surface area contributed by atoms with Crippen LogP contribution in [0, 0.1) is 0 Å². The van der Waals surface area contributed by atoms with Gasteiger partial charge in [0.2, 0.25) is 11.8 Å². The molecule has 0 spiro atoms. The van der Waals surface area contributed by atoms with E-state index >= 15 is 0 Å². The maximum Gasteiger partial charge on any atom is 0.339 e. The molecule has 2 aliphatic rings. The number of nitrogens with zero attached hydrogens (tertiary/aromatic N) is 12. The number of amides is 3. The van der Waals surface area contributed by atoms with Crippen LogP contribution >= 0.6 is 23.2 Å². The lowest BCUT2D eigenvalue weighted by molar-refractivity contribution is -0.141. The van der Waals surface area contributed by atoms with Crippen molar-refractivity contribution < 1.29 is 52.0 Å². The lowest BCUT2D eigenvalue weighted by Crippen LogP contribution is -2.59. The predicted molar refractivity (Wildman–Crippen MR) is 326 cm³/mol. The van der Waals surface area contributed by atoms with E-state index in [2.05, 4.69) is 69.7 Å². The number of ether oxygens (including phenoxy) is 4. The molecule has 8 aromatic rings. The quantitative estimate of drug-likeness (QED) is 0.0460. The summed E-state index contributed by atoms with van der Waals surface area (Å²) < 4.78 is 54.2. The molecule has 0 aliphatic carbocycles. The fourth-order valence-corrected chi connectivity index (χ4v) is 11.1. The molecule has 29 heteroatoms. The van der Waals surface area contributed by atoms with Gasteiger partial charge in [0.05, 0.1) is 68.4 Å². The zero-order valence-electron chi connectivity index (χ0n) is 49.2. The van der Waals surface area contributed by atoms with E-state index in [1.807, 2.05) is 38.4 Å². The Morgan fingerprint density at radius 2 is 1.13 bits per heavy atom. The number of methoxy groups -OCH3 is 2. The van der Waals surface area contributed by atoms with Crippen LogP contribution in [0.15, 0.2) is 61.2 Å². The van der Waals surface area contributed by atoms with Crippen LogP contribution in [0.1, 0.15) is 20.7 Å². The Balaban J connectivity index is 0.000000191. The number of nitrogens with one attached hydrogen (secondary N) is 1. The average Bonchev–Trinajstić information content (AvgIpc) is 1.78. The molecule has 4 N–H and O–H groups in total. The van der Waals surface area contributed by atoms with Gasteiger partial charge in [-0.3, -0.25) is 23.7 Å². The Labute approximate surface area is 501 Å². The zero-order valence-corrected chi connectivity index (χ0v) is 52.7. The lowest BCUT2D eigenvalue weighted by atomic mass is 10.1. The van der Waals surface area contributed by atoms with Crippen LogP contribution in [0.4, 0.5) is 8.78 Å². The smallest absolute Gasteiger partial charge is 0.339 e. The predicted octanol–water partition coefficient (Wildman–Crippen LogP) is 7.67. The highest BCUT2D eigenvalue weighted by atomic mass is 35.5. The van der Waals surface area contributed by atoms with Gasteiger partial charge in [-0.05, 0) is 48.5 Å². The number of alkyl halides is 2. The molecule has 0 saturated carbocycles. The number of carbonyl (C=O) groups excluding carboxylic acids is 3. The Bertz CT molecular complexity index is 3720. The van der Waals surface area contributed by atoms with Gasteiger partial charge >= 0.3 is 5.97 Å². The summed E-state index contributed by atoms with van der Waals surface area (Å²) in [6, 6.07) is 11.4. The molecular weight excluding hydrogens is 1180 g/mol. The van der Waals surface area contributed by atoms with Crippen LogP contribution in [0.5, 0.6) is 0 Å². The van der Waals surface area contributed by atoms with E-state index in [0.717, 1.165) is 33.9 Å². The number of aromatic nitrogens is 10. The standard InChI is InChI=1S/C28H35ClFN7O4Si.C21H24ClN5O3Si.C7H13FN2O2/c1-35-23-10-17(29)6-7-19(23)24(34-35)21-11-31-26-25(32-21)20(14-37(26)16-41-8-9-42(3,4)5)27(38)33-22(15-40-2)28(39)36-12-18(30)13-36;1-26-17-9-13(22)5-6-14(17)18(25-26)16-10-23-20-19(24-16)15(21(28)29)11-27(20)12-30-7-8-31(2,3)4;1-12-4-6(9)7(11)10-2-5(8)3-10/h6-7,10-11,14,18,22H,8-9,12-13,15-16H2,1-5H3,(H,33,38);5-6,9-11H,7-8,12H2,1-4H3,(H,28,29);5-6H,2-4,9H2,1H3/t22-;;6-/m1.1/s1. The van der Waals surface area contributed by atoms with Crippen molar-refractivity contribution in [3.63, 3.8) is 0 Å². The van der Waals surface area contributed by atoms with Crippen molar-refractivity contribution in [2.45, 2.75) is 89.3 Å². The molecule has 10 rings (SSSR count). The van der Waals surface area contributed by atoms with E-state index in [1.165, 1.54) is 30.2 Å². The number of halogens is 4. The molecule has 85 heavy (non-hydrogen) atoms. The number of aromatic carboxylic acids is 1. The van der Waals surface area contributed by atoms with Crippen LogP contribution in [0.25, 0.3) is 66.9 Å². The summed E-state index contributed by atoms with van der Waals surface area (Å²) in [6.45, 7) is 15.8. The second kappa shape index (κ2) is 27.3. The highest BCUT2D eigenvalue weighted by Gasteiger charge is 2.36. The first-order chi connectivity index (χ1) is 40.2. The van der Waals surface area contributed by atoms with E-state index in [9.17, 15) is 33.1 Å². The minimum atomic E-state index is -1.29. The summed E-state index contributed by atoms with van der Waals surface area (Å²) in [7, 11) is 4.05. The van der Waals surface area contributed by atoms with Crippen molar-refractivity contribution in [3.8, 4) is 22.8 Å².